The lowest BCUT2D eigenvalue weighted by atomic mass is 9.93. The largest absolute Gasteiger partial charge is 0.393 e. The van der Waals surface area contributed by atoms with Gasteiger partial charge in [-0.2, -0.15) is 0 Å². The van der Waals surface area contributed by atoms with Gasteiger partial charge in [-0.15, -0.1) is 11.3 Å². The van der Waals surface area contributed by atoms with Gasteiger partial charge in [0.1, 0.15) is 0 Å². The Morgan fingerprint density at radius 3 is 2.43 bits per heavy atom. The summed E-state index contributed by atoms with van der Waals surface area (Å²) in [5, 5.41) is 9.61. The topological polar surface area (TPSA) is 74.7 Å². The van der Waals surface area contributed by atoms with Gasteiger partial charge >= 0.3 is 0 Å². The molecule has 0 aromatic carbocycles. The van der Waals surface area contributed by atoms with Crippen molar-refractivity contribution in [3.63, 3.8) is 0 Å². The fourth-order valence-electron chi connectivity index (χ4n) is 3.51. The van der Waals surface area contributed by atoms with E-state index in [2.05, 4.69) is 0 Å². The van der Waals surface area contributed by atoms with Crippen molar-refractivity contribution in [1.82, 2.24) is 4.31 Å². The Balaban J connectivity index is 1.75. The summed E-state index contributed by atoms with van der Waals surface area (Å²) in [6, 6.07) is 3.78. The first kappa shape index (κ1) is 16.9. The van der Waals surface area contributed by atoms with Gasteiger partial charge in [-0.3, -0.25) is 4.79 Å². The highest BCUT2D eigenvalue weighted by atomic mass is 32.2. The number of amides is 1. The van der Waals surface area contributed by atoms with E-state index in [9.17, 15) is 18.3 Å². The van der Waals surface area contributed by atoms with Crippen LogP contribution in [-0.2, 0) is 14.8 Å². The van der Waals surface area contributed by atoms with E-state index in [-0.39, 0.29) is 29.9 Å². The first-order valence-electron chi connectivity index (χ1n) is 8.05. The van der Waals surface area contributed by atoms with Crippen molar-refractivity contribution >= 4 is 27.3 Å². The Bertz CT molecular complexity index is 689. The minimum absolute atomic E-state index is 0.166. The number of thiophene rings is 1. The molecule has 1 N–H and O–H groups in total. The molecular weight excluding hydrogens is 334 g/mol. The molecule has 2 aliphatic rings. The van der Waals surface area contributed by atoms with Crippen LogP contribution in [0.25, 0.3) is 0 Å². The van der Waals surface area contributed by atoms with Gasteiger partial charge < -0.3 is 5.11 Å². The summed E-state index contributed by atoms with van der Waals surface area (Å²) in [7, 11) is -3.58. The highest BCUT2D eigenvalue weighted by Crippen LogP contribution is 2.51. The second-order valence-corrected chi connectivity index (χ2v) is 9.94. The fourth-order valence-corrected chi connectivity index (χ4v) is 5.78. The molecule has 0 spiro atoms. The van der Waals surface area contributed by atoms with Crippen LogP contribution >= 0.6 is 11.3 Å². The van der Waals surface area contributed by atoms with Crippen LogP contribution in [0.5, 0.6) is 0 Å². The molecule has 2 aliphatic carbocycles. The van der Waals surface area contributed by atoms with Crippen molar-refractivity contribution in [3.05, 3.63) is 21.9 Å². The number of rotatable bonds is 4. The molecule has 0 saturated heterocycles. The van der Waals surface area contributed by atoms with Gasteiger partial charge in [-0.05, 0) is 51.2 Å². The molecule has 1 heterocycles. The number of aliphatic hydroxyl groups is 1. The lowest BCUT2D eigenvalue weighted by molar-refractivity contribution is -0.130. The second kappa shape index (κ2) is 6.18. The van der Waals surface area contributed by atoms with Gasteiger partial charge in [0, 0.05) is 27.6 Å². The van der Waals surface area contributed by atoms with Crippen molar-refractivity contribution in [2.75, 3.05) is 6.26 Å². The van der Waals surface area contributed by atoms with Crippen LogP contribution < -0.4 is 0 Å². The van der Waals surface area contributed by atoms with E-state index in [1.165, 1.54) is 9.75 Å². The van der Waals surface area contributed by atoms with Crippen molar-refractivity contribution in [2.24, 2.45) is 5.92 Å². The normalized spacial score (nSPS) is 30.9. The Hall–Kier alpha value is -0.920. The Labute approximate surface area is 141 Å². The molecule has 1 aromatic rings. The molecule has 23 heavy (non-hydrogen) atoms. The molecule has 1 aromatic heterocycles. The number of aliphatic hydroxyl groups excluding tert-OH is 1. The van der Waals surface area contributed by atoms with Crippen molar-refractivity contribution < 1.29 is 18.3 Å². The average molecular weight is 357 g/mol. The molecule has 0 bridgehead atoms. The molecule has 0 aliphatic heterocycles. The van der Waals surface area contributed by atoms with Crippen LogP contribution in [0, 0.1) is 12.8 Å². The zero-order chi connectivity index (χ0) is 16.8. The highest BCUT2D eigenvalue weighted by Gasteiger charge is 2.49. The highest BCUT2D eigenvalue weighted by molar-refractivity contribution is 7.88. The number of nitrogens with zero attached hydrogens (tertiary/aromatic N) is 1. The predicted octanol–water partition coefficient (Wildman–Crippen LogP) is 2.25. The van der Waals surface area contributed by atoms with Crippen LogP contribution in [0.4, 0.5) is 0 Å². The third-order valence-electron chi connectivity index (χ3n) is 4.81. The fraction of sp³-hybridized carbons (Fsp3) is 0.688. The van der Waals surface area contributed by atoms with E-state index in [0.29, 0.717) is 25.7 Å². The van der Waals surface area contributed by atoms with Gasteiger partial charge in [0.05, 0.1) is 12.4 Å². The smallest absolute Gasteiger partial charge is 0.240 e. The molecule has 1 amide bonds. The van der Waals surface area contributed by atoms with Crippen molar-refractivity contribution in [2.45, 2.75) is 57.1 Å². The summed E-state index contributed by atoms with van der Waals surface area (Å²) in [4.78, 5) is 15.2. The lowest BCUT2D eigenvalue weighted by Gasteiger charge is -2.34. The van der Waals surface area contributed by atoms with Gasteiger partial charge in [0.2, 0.25) is 15.9 Å². The summed E-state index contributed by atoms with van der Waals surface area (Å²) in [5.41, 5.74) is 0. The molecule has 0 radical (unpaired) electrons. The summed E-state index contributed by atoms with van der Waals surface area (Å²) in [5.74, 6) is -0.306. The van der Waals surface area contributed by atoms with Crippen LogP contribution in [-0.4, -0.2) is 42.1 Å². The van der Waals surface area contributed by atoms with Crippen molar-refractivity contribution in [3.8, 4) is 0 Å². The Morgan fingerprint density at radius 2 is 1.91 bits per heavy atom. The third-order valence-corrected chi connectivity index (χ3v) is 7.13. The molecule has 2 atom stereocenters. The molecule has 0 unspecified atom stereocenters. The van der Waals surface area contributed by atoms with E-state index in [1.807, 2.05) is 19.1 Å². The maximum Gasteiger partial charge on any atom is 0.240 e. The van der Waals surface area contributed by atoms with Crippen molar-refractivity contribution in [1.29, 1.82) is 0 Å². The quantitative estimate of drug-likeness (QED) is 0.897. The van der Waals surface area contributed by atoms with E-state index in [1.54, 1.807) is 11.3 Å². The van der Waals surface area contributed by atoms with Gasteiger partial charge in [-0.1, -0.05) is 0 Å². The number of sulfonamides is 1. The maximum atomic E-state index is 12.8. The minimum Gasteiger partial charge on any atom is -0.393 e. The summed E-state index contributed by atoms with van der Waals surface area (Å²) < 4.78 is 25.5. The third kappa shape index (κ3) is 3.61. The van der Waals surface area contributed by atoms with Gasteiger partial charge in [0.15, 0.2) is 0 Å². The van der Waals surface area contributed by atoms with E-state index in [0.717, 1.165) is 17.0 Å². The van der Waals surface area contributed by atoms with E-state index < -0.39 is 10.0 Å². The number of carbonyl (C=O) groups excluding carboxylic acids is 1. The number of hydrogen-bond acceptors (Lipinski definition) is 5. The molecule has 7 heteroatoms. The SMILES string of the molecule is Cc1ccc([C@H]2C[C@H]2C(=O)N(C2CCC(O)CC2)S(C)(=O)=O)s1. The zero-order valence-electron chi connectivity index (χ0n) is 13.4. The van der Waals surface area contributed by atoms with Gasteiger partial charge in [-0.25, -0.2) is 12.7 Å². The maximum absolute atomic E-state index is 12.8. The zero-order valence-corrected chi connectivity index (χ0v) is 15.1. The molecule has 5 nitrogen and oxygen atoms in total. The monoisotopic (exact) mass is 357 g/mol. The lowest BCUT2D eigenvalue weighted by Crippen LogP contribution is -2.47. The molecule has 3 rings (SSSR count). The molecule has 2 fully saturated rings. The summed E-state index contributed by atoms with van der Waals surface area (Å²) in [6.07, 6.45) is 3.70. The molecule has 2 saturated carbocycles. The Kier molecular flexibility index (Phi) is 4.55. The van der Waals surface area contributed by atoms with Gasteiger partial charge in [0.25, 0.3) is 0 Å². The van der Waals surface area contributed by atoms with Crippen LogP contribution in [0.3, 0.4) is 0 Å². The van der Waals surface area contributed by atoms with Crippen LogP contribution in [0.15, 0.2) is 12.1 Å². The van der Waals surface area contributed by atoms with E-state index >= 15 is 0 Å². The van der Waals surface area contributed by atoms with Crippen LogP contribution in [0.2, 0.25) is 0 Å². The summed E-state index contributed by atoms with van der Waals surface area (Å²) in [6.45, 7) is 2.03. The molecular formula is C16H23NO4S2. The summed E-state index contributed by atoms with van der Waals surface area (Å²) >= 11 is 1.68. The number of aryl methyl sites for hydroxylation is 1. The molecule has 128 valence electrons. The standard InChI is InChI=1S/C16H23NO4S2/c1-10-3-8-15(22-10)13-9-14(13)16(19)17(23(2,20)21)11-4-6-12(18)7-5-11/h3,8,11-14,18H,4-7,9H2,1-2H3/t11?,12?,13-,14+/m0/s1. The second-order valence-electron chi connectivity index (χ2n) is 6.76. The predicted molar refractivity (Wildman–Crippen MR) is 89.9 cm³/mol. The minimum atomic E-state index is -3.58. The Morgan fingerprint density at radius 1 is 1.26 bits per heavy atom. The average Bonchev–Trinajstić information content (AvgIpc) is 3.15. The first-order chi connectivity index (χ1) is 10.8. The first-order valence-corrected chi connectivity index (χ1v) is 10.7. The van der Waals surface area contributed by atoms with Crippen LogP contribution in [0.1, 0.15) is 47.8 Å². The van der Waals surface area contributed by atoms with E-state index in [4.69, 9.17) is 0 Å². The number of hydrogen-bond donors (Lipinski definition) is 1. The number of carbonyl (C=O) groups is 1.